The van der Waals surface area contributed by atoms with Crippen molar-refractivity contribution in [2.75, 3.05) is 20.6 Å². The number of aliphatic hydroxyl groups is 1. The van der Waals surface area contributed by atoms with Crippen LogP contribution in [0.3, 0.4) is 0 Å². The first-order valence-corrected chi connectivity index (χ1v) is 9.31. The van der Waals surface area contributed by atoms with Gasteiger partial charge in [0.25, 0.3) is 0 Å². The predicted molar refractivity (Wildman–Crippen MR) is 98.9 cm³/mol. The zero-order valence-electron chi connectivity index (χ0n) is 15.5. The van der Waals surface area contributed by atoms with Crippen molar-refractivity contribution >= 4 is 0 Å². The lowest BCUT2D eigenvalue weighted by molar-refractivity contribution is 0.0120. The van der Waals surface area contributed by atoms with E-state index in [-0.39, 0.29) is 11.1 Å². The Morgan fingerprint density at radius 1 is 1.19 bits per heavy atom. The van der Waals surface area contributed by atoms with Crippen LogP contribution in [-0.2, 0) is 12.1 Å². The first-order valence-electron chi connectivity index (χ1n) is 9.31. The van der Waals surface area contributed by atoms with E-state index in [1.165, 1.54) is 5.56 Å². The van der Waals surface area contributed by atoms with Crippen LogP contribution in [0.25, 0.3) is 0 Å². The number of aromatic nitrogens is 3. The van der Waals surface area contributed by atoms with Gasteiger partial charge in [-0.2, -0.15) is 15.4 Å². The van der Waals surface area contributed by atoms with Crippen molar-refractivity contribution in [3.8, 4) is 0 Å². The summed E-state index contributed by atoms with van der Waals surface area (Å²) in [5.74, 6) is 0. The highest BCUT2D eigenvalue weighted by Gasteiger charge is 2.49. The SMILES string of the molecule is CN(C)C1(c2ccccc2)CCC2(CC1)CN(Cc1cn[nH]n1)C(O)N2. The molecule has 2 fully saturated rings. The van der Waals surface area contributed by atoms with Gasteiger partial charge in [0.1, 0.15) is 0 Å². The smallest absolute Gasteiger partial charge is 0.163 e. The Morgan fingerprint density at radius 3 is 2.54 bits per heavy atom. The largest absolute Gasteiger partial charge is 0.365 e. The van der Waals surface area contributed by atoms with Gasteiger partial charge in [-0.1, -0.05) is 30.3 Å². The molecule has 1 aromatic carbocycles. The number of H-pyrrole nitrogens is 1. The van der Waals surface area contributed by atoms with Gasteiger partial charge in [-0.25, -0.2) is 0 Å². The van der Waals surface area contributed by atoms with Gasteiger partial charge in [-0.05, 0) is 45.3 Å². The fourth-order valence-electron chi connectivity index (χ4n) is 4.73. The Balaban J connectivity index is 1.48. The molecule has 1 atom stereocenters. The van der Waals surface area contributed by atoms with Gasteiger partial charge in [-0.15, -0.1) is 0 Å². The van der Waals surface area contributed by atoms with Crippen LogP contribution in [0, 0.1) is 0 Å². The maximum absolute atomic E-state index is 10.5. The number of nitrogens with zero attached hydrogens (tertiary/aromatic N) is 4. The summed E-state index contributed by atoms with van der Waals surface area (Å²) in [6, 6.07) is 10.8. The number of aliphatic hydroxyl groups excluding tert-OH is 1. The van der Waals surface area contributed by atoms with E-state index in [1.807, 2.05) is 4.90 Å². The van der Waals surface area contributed by atoms with E-state index < -0.39 is 6.35 Å². The second-order valence-corrected chi connectivity index (χ2v) is 7.96. The molecule has 2 heterocycles. The van der Waals surface area contributed by atoms with Crippen LogP contribution in [0.4, 0.5) is 0 Å². The highest BCUT2D eigenvalue weighted by atomic mass is 16.3. The summed E-state index contributed by atoms with van der Waals surface area (Å²) >= 11 is 0. The average molecular weight is 356 g/mol. The fourth-order valence-corrected chi connectivity index (χ4v) is 4.73. The van der Waals surface area contributed by atoms with Gasteiger partial charge < -0.3 is 5.11 Å². The molecular weight excluding hydrogens is 328 g/mol. The number of nitrogens with one attached hydrogen (secondary N) is 2. The van der Waals surface area contributed by atoms with Crippen molar-refractivity contribution < 1.29 is 5.11 Å². The number of hydrogen-bond donors (Lipinski definition) is 3. The van der Waals surface area contributed by atoms with Crippen molar-refractivity contribution in [1.29, 1.82) is 0 Å². The van der Waals surface area contributed by atoms with Crippen LogP contribution >= 0.6 is 0 Å². The van der Waals surface area contributed by atoms with Crippen molar-refractivity contribution in [3.63, 3.8) is 0 Å². The fraction of sp³-hybridized carbons (Fsp3) is 0.579. The van der Waals surface area contributed by atoms with Crippen molar-refractivity contribution in [3.05, 3.63) is 47.8 Å². The minimum Gasteiger partial charge on any atom is -0.365 e. The number of hydrogen-bond acceptors (Lipinski definition) is 6. The molecular formula is C19H28N6O. The van der Waals surface area contributed by atoms with Crippen molar-refractivity contribution in [1.82, 2.24) is 30.5 Å². The van der Waals surface area contributed by atoms with E-state index in [9.17, 15) is 5.11 Å². The molecule has 1 aromatic heterocycles. The van der Waals surface area contributed by atoms with Gasteiger partial charge in [0, 0.05) is 24.2 Å². The van der Waals surface area contributed by atoms with Crippen LogP contribution in [0.1, 0.15) is 36.9 Å². The molecule has 7 heteroatoms. The second kappa shape index (κ2) is 6.74. The summed E-state index contributed by atoms with van der Waals surface area (Å²) in [4.78, 5) is 4.41. The van der Waals surface area contributed by atoms with Crippen LogP contribution in [0.2, 0.25) is 0 Å². The summed E-state index contributed by atoms with van der Waals surface area (Å²) in [6.45, 7) is 1.43. The van der Waals surface area contributed by atoms with Crippen LogP contribution < -0.4 is 5.32 Å². The molecule has 1 saturated heterocycles. The third-order valence-electron chi connectivity index (χ3n) is 6.32. The van der Waals surface area contributed by atoms with E-state index in [0.29, 0.717) is 6.54 Å². The van der Waals surface area contributed by atoms with Gasteiger partial charge in [0.15, 0.2) is 6.35 Å². The lowest BCUT2D eigenvalue weighted by Gasteiger charge is -2.49. The van der Waals surface area contributed by atoms with E-state index in [2.05, 4.69) is 70.1 Å². The van der Waals surface area contributed by atoms with Crippen molar-refractivity contribution in [2.24, 2.45) is 0 Å². The molecule has 4 rings (SSSR count). The molecule has 7 nitrogen and oxygen atoms in total. The Bertz CT molecular complexity index is 709. The van der Waals surface area contributed by atoms with E-state index in [0.717, 1.165) is 37.9 Å². The molecule has 2 aliphatic rings. The number of benzene rings is 1. The van der Waals surface area contributed by atoms with E-state index in [1.54, 1.807) is 6.20 Å². The normalized spacial score (nSPS) is 32.5. The quantitative estimate of drug-likeness (QED) is 0.765. The molecule has 3 N–H and O–H groups in total. The molecule has 0 amide bonds. The number of rotatable bonds is 4. The van der Waals surface area contributed by atoms with Crippen LogP contribution in [0.15, 0.2) is 36.5 Å². The average Bonchev–Trinajstić information content (AvgIpc) is 3.25. The molecule has 1 aliphatic carbocycles. The minimum absolute atomic E-state index is 0.0303. The maximum atomic E-state index is 10.5. The maximum Gasteiger partial charge on any atom is 0.163 e. The Labute approximate surface area is 154 Å². The molecule has 1 saturated carbocycles. The van der Waals surface area contributed by atoms with E-state index >= 15 is 0 Å². The standard InChI is InChI=1S/C19H28N6O/c1-24(2)19(15-6-4-3-5-7-15)10-8-18(9-11-19)14-25(17(26)21-18)13-16-12-20-23-22-16/h3-7,12,17,21,26H,8-11,13-14H2,1-2H3,(H,20,22,23). The third-order valence-corrected chi connectivity index (χ3v) is 6.32. The highest BCUT2D eigenvalue weighted by molar-refractivity contribution is 5.26. The van der Waals surface area contributed by atoms with Crippen molar-refractivity contribution in [2.45, 2.75) is 49.7 Å². The first kappa shape index (κ1) is 17.6. The minimum atomic E-state index is -0.629. The van der Waals surface area contributed by atoms with Crippen LogP contribution in [0.5, 0.6) is 0 Å². The predicted octanol–water partition coefficient (Wildman–Crippen LogP) is 1.26. The van der Waals surface area contributed by atoms with Gasteiger partial charge >= 0.3 is 0 Å². The molecule has 0 radical (unpaired) electrons. The van der Waals surface area contributed by atoms with E-state index in [4.69, 9.17) is 0 Å². The topological polar surface area (TPSA) is 80.3 Å². The monoisotopic (exact) mass is 356 g/mol. The molecule has 140 valence electrons. The molecule has 1 unspecified atom stereocenters. The summed E-state index contributed by atoms with van der Waals surface area (Å²) in [7, 11) is 4.36. The lowest BCUT2D eigenvalue weighted by atomic mass is 9.69. The lowest BCUT2D eigenvalue weighted by Crippen LogP contribution is -2.54. The van der Waals surface area contributed by atoms with Gasteiger partial charge in [0.05, 0.1) is 11.9 Å². The molecule has 2 aromatic rings. The Hall–Kier alpha value is -1.80. The molecule has 1 spiro atoms. The summed E-state index contributed by atoms with van der Waals surface area (Å²) in [5.41, 5.74) is 2.28. The zero-order chi connectivity index (χ0) is 18.2. The summed E-state index contributed by atoms with van der Waals surface area (Å²) in [5, 5.41) is 24.6. The highest BCUT2D eigenvalue weighted by Crippen LogP contribution is 2.46. The summed E-state index contributed by atoms with van der Waals surface area (Å²) < 4.78 is 0. The van der Waals surface area contributed by atoms with Gasteiger partial charge in [0.2, 0.25) is 0 Å². The van der Waals surface area contributed by atoms with Gasteiger partial charge in [-0.3, -0.25) is 15.1 Å². The zero-order valence-corrected chi connectivity index (χ0v) is 15.5. The third kappa shape index (κ3) is 3.05. The molecule has 26 heavy (non-hydrogen) atoms. The molecule has 0 bridgehead atoms. The number of aromatic amines is 1. The Kier molecular flexibility index (Phi) is 4.56. The first-order chi connectivity index (χ1) is 12.5. The van der Waals surface area contributed by atoms with Crippen LogP contribution in [-0.4, -0.2) is 62.8 Å². The second-order valence-electron chi connectivity index (χ2n) is 7.96. The molecule has 1 aliphatic heterocycles. The summed E-state index contributed by atoms with van der Waals surface area (Å²) in [6.07, 6.45) is 5.29. The Morgan fingerprint density at radius 2 is 1.92 bits per heavy atom.